The maximum Gasteiger partial charge on any atom is 0.264 e. The Balaban J connectivity index is 1.69. The number of halogens is 1. The van der Waals surface area contributed by atoms with Crippen LogP contribution >= 0.6 is 27.7 Å². The van der Waals surface area contributed by atoms with Crippen molar-refractivity contribution in [3.8, 4) is 5.75 Å². The lowest BCUT2D eigenvalue weighted by Gasteiger charge is -2.32. The summed E-state index contributed by atoms with van der Waals surface area (Å²) in [5.74, 6) is -0.154. The topological polar surface area (TPSA) is 96.0 Å². The summed E-state index contributed by atoms with van der Waals surface area (Å²) >= 11 is 4.99. The number of rotatable bonds is 13. The van der Waals surface area contributed by atoms with Crippen molar-refractivity contribution in [3.05, 3.63) is 82.8 Å². The first-order valence-corrected chi connectivity index (χ1v) is 17.8. The molecule has 0 aliphatic heterocycles. The van der Waals surface area contributed by atoms with Gasteiger partial charge in [-0.25, -0.2) is 8.42 Å². The van der Waals surface area contributed by atoms with Crippen molar-refractivity contribution in [1.82, 2.24) is 10.2 Å². The molecule has 43 heavy (non-hydrogen) atoms. The summed E-state index contributed by atoms with van der Waals surface area (Å²) in [7, 11) is -4.15. The Hall–Kier alpha value is -3.02. The molecule has 1 aliphatic carbocycles. The zero-order valence-electron chi connectivity index (χ0n) is 24.7. The van der Waals surface area contributed by atoms with Gasteiger partial charge >= 0.3 is 0 Å². The molecular formula is C32H38BrN3O5S2. The lowest BCUT2D eigenvalue weighted by molar-refractivity contribution is -0.139. The maximum absolute atomic E-state index is 14.1. The summed E-state index contributed by atoms with van der Waals surface area (Å²) in [5, 5.41) is 3.09. The SMILES string of the molecule is CCOc1ccc(N(CC(=O)N(Cc2cccc(Br)c2)C(C)C(=O)NC2CCCC2)S(=O)(=O)c2ccc(SC)cc2)cc1. The minimum absolute atomic E-state index is 0.0672. The second kappa shape index (κ2) is 15.1. The van der Waals surface area contributed by atoms with Crippen LogP contribution in [-0.4, -0.2) is 56.6 Å². The van der Waals surface area contributed by atoms with Gasteiger partial charge in [0.15, 0.2) is 0 Å². The van der Waals surface area contributed by atoms with Crippen LogP contribution < -0.4 is 14.4 Å². The van der Waals surface area contributed by atoms with E-state index in [0.717, 1.165) is 44.9 Å². The van der Waals surface area contributed by atoms with Gasteiger partial charge in [-0.05, 0) is 99.2 Å². The molecule has 0 spiro atoms. The zero-order valence-corrected chi connectivity index (χ0v) is 27.9. The Bertz CT molecular complexity index is 1490. The second-order valence-electron chi connectivity index (χ2n) is 10.4. The molecule has 0 heterocycles. The van der Waals surface area contributed by atoms with Gasteiger partial charge in [0.2, 0.25) is 11.8 Å². The van der Waals surface area contributed by atoms with Crippen molar-refractivity contribution in [3.63, 3.8) is 0 Å². The molecule has 4 rings (SSSR count). The predicted molar refractivity (Wildman–Crippen MR) is 175 cm³/mol. The number of carbonyl (C=O) groups excluding carboxylic acids is 2. The molecule has 3 aromatic rings. The third-order valence-electron chi connectivity index (χ3n) is 7.47. The number of nitrogens with one attached hydrogen (secondary N) is 1. The zero-order chi connectivity index (χ0) is 31.0. The molecular weight excluding hydrogens is 650 g/mol. The fourth-order valence-corrected chi connectivity index (χ4v) is 7.35. The van der Waals surface area contributed by atoms with Crippen LogP contribution in [0.3, 0.4) is 0 Å². The lowest BCUT2D eigenvalue weighted by Crippen LogP contribution is -2.52. The van der Waals surface area contributed by atoms with E-state index in [1.54, 1.807) is 55.5 Å². The molecule has 1 saturated carbocycles. The van der Waals surface area contributed by atoms with Crippen LogP contribution in [0.5, 0.6) is 5.75 Å². The number of anilines is 1. The Kier molecular flexibility index (Phi) is 11.6. The number of benzene rings is 3. The summed E-state index contributed by atoms with van der Waals surface area (Å²) in [5.41, 5.74) is 1.13. The van der Waals surface area contributed by atoms with E-state index >= 15 is 0 Å². The standard InChI is InChI=1S/C32H38BrN3O5S2/c1-4-41-28-14-12-27(13-15-28)36(43(39,40)30-18-16-29(42-3)17-19-30)22-31(37)35(21-24-8-7-9-25(33)20-24)23(2)32(38)34-26-10-5-6-11-26/h7-9,12-20,23,26H,4-6,10-11,21-22H2,1-3H3,(H,34,38). The van der Waals surface area contributed by atoms with Crippen molar-refractivity contribution < 1.29 is 22.7 Å². The van der Waals surface area contributed by atoms with Gasteiger partial charge in [0.1, 0.15) is 18.3 Å². The molecule has 1 fully saturated rings. The molecule has 1 aliphatic rings. The predicted octanol–water partition coefficient (Wildman–Crippen LogP) is 6.24. The number of thioether (sulfide) groups is 1. The summed E-state index contributed by atoms with van der Waals surface area (Å²) < 4.78 is 35.6. The highest BCUT2D eigenvalue weighted by Crippen LogP contribution is 2.28. The summed E-state index contributed by atoms with van der Waals surface area (Å²) in [6.07, 6.45) is 5.87. The highest BCUT2D eigenvalue weighted by atomic mass is 79.9. The van der Waals surface area contributed by atoms with Crippen molar-refractivity contribution in [1.29, 1.82) is 0 Å². The van der Waals surface area contributed by atoms with E-state index < -0.39 is 28.5 Å². The van der Waals surface area contributed by atoms with Gasteiger partial charge in [-0.15, -0.1) is 11.8 Å². The van der Waals surface area contributed by atoms with E-state index in [-0.39, 0.29) is 23.4 Å². The lowest BCUT2D eigenvalue weighted by atomic mass is 10.1. The summed E-state index contributed by atoms with van der Waals surface area (Å²) in [6.45, 7) is 3.67. The monoisotopic (exact) mass is 687 g/mol. The van der Waals surface area contributed by atoms with Gasteiger partial charge in [0, 0.05) is 22.0 Å². The van der Waals surface area contributed by atoms with Crippen LogP contribution in [0.1, 0.15) is 45.1 Å². The molecule has 0 radical (unpaired) electrons. The fraction of sp³-hybridized carbons (Fsp3) is 0.375. The minimum atomic E-state index is -4.15. The van der Waals surface area contributed by atoms with Crippen LogP contribution in [0.25, 0.3) is 0 Å². The largest absolute Gasteiger partial charge is 0.494 e. The molecule has 3 aromatic carbocycles. The van der Waals surface area contributed by atoms with Gasteiger partial charge in [-0.3, -0.25) is 13.9 Å². The number of sulfonamides is 1. The Labute approximate surface area is 267 Å². The van der Waals surface area contributed by atoms with Crippen LogP contribution in [0.4, 0.5) is 5.69 Å². The average molecular weight is 689 g/mol. The normalized spacial score (nSPS) is 14.2. The van der Waals surface area contributed by atoms with Crippen LogP contribution in [0, 0.1) is 0 Å². The number of hydrogen-bond donors (Lipinski definition) is 1. The second-order valence-corrected chi connectivity index (χ2v) is 14.1. The third kappa shape index (κ3) is 8.55. The van der Waals surface area contributed by atoms with Gasteiger partial charge in [0.25, 0.3) is 10.0 Å². The van der Waals surface area contributed by atoms with Crippen molar-refractivity contribution in [2.24, 2.45) is 0 Å². The first kappa shape index (κ1) is 32.9. The van der Waals surface area contributed by atoms with E-state index in [9.17, 15) is 18.0 Å². The van der Waals surface area contributed by atoms with E-state index in [0.29, 0.717) is 18.0 Å². The number of amides is 2. The van der Waals surface area contributed by atoms with Crippen molar-refractivity contribution in [2.75, 3.05) is 23.7 Å². The van der Waals surface area contributed by atoms with Gasteiger partial charge in [-0.1, -0.05) is 40.9 Å². The molecule has 1 unspecified atom stereocenters. The molecule has 0 saturated heterocycles. The molecule has 11 heteroatoms. The first-order chi connectivity index (χ1) is 20.6. The number of ether oxygens (including phenoxy) is 1. The molecule has 1 atom stereocenters. The fourth-order valence-electron chi connectivity index (χ4n) is 5.09. The molecule has 0 aromatic heterocycles. The van der Waals surface area contributed by atoms with E-state index in [4.69, 9.17) is 4.74 Å². The maximum atomic E-state index is 14.1. The van der Waals surface area contributed by atoms with E-state index in [1.165, 1.54) is 16.7 Å². The van der Waals surface area contributed by atoms with Crippen LogP contribution in [0.15, 0.2) is 87.1 Å². The minimum Gasteiger partial charge on any atom is -0.494 e. The summed E-state index contributed by atoms with van der Waals surface area (Å²) in [4.78, 5) is 30.0. The summed E-state index contributed by atoms with van der Waals surface area (Å²) in [6, 6.07) is 20.0. The molecule has 1 N–H and O–H groups in total. The van der Waals surface area contributed by atoms with Crippen LogP contribution in [-0.2, 0) is 26.2 Å². The van der Waals surface area contributed by atoms with Gasteiger partial charge < -0.3 is 15.0 Å². The molecule has 0 bridgehead atoms. The van der Waals surface area contributed by atoms with Crippen molar-refractivity contribution in [2.45, 2.75) is 68.0 Å². The third-order valence-corrected chi connectivity index (χ3v) is 10.5. The van der Waals surface area contributed by atoms with Gasteiger partial charge in [0.05, 0.1) is 17.2 Å². The Morgan fingerprint density at radius 3 is 2.33 bits per heavy atom. The van der Waals surface area contributed by atoms with Crippen molar-refractivity contribution >= 4 is 55.2 Å². The van der Waals surface area contributed by atoms with Gasteiger partial charge in [-0.2, -0.15) is 0 Å². The van der Waals surface area contributed by atoms with E-state index in [1.807, 2.05) is 37.4 Å². The number of carbonyl (C=O) groups is 2. The quantitative estimate of drug-likeness (QED) is 0.214. The average Bonchev–Trinajstić information content (AvgIpc) is 3.52. The Morgan fingerprint density at radius 1 is 1.05 bits per heavy atom. The first-order valence-electron chi connectivity index (χ1n) is 14.4. The smallest absolute Gasteiger partial charge is 0.264 e. The number of hydrogen-bond acceptors (Lipinski definition) is 6. The van der Waals surface area contributed by atoms with E-state index in [2.05, 4.69) is 21.2 Å². The molecule has 2 amide bonds. The molecule has 8 nitrogen and oxygen atoms in total. The number of nitrogens with zero attached hydrogens (tertiary/aromatic N) is 2. The highest BCUT2D eigenvalue weighted by molar-refractivity contribution is 9.10. The highest BCUT2D eigenvalue weighted by Gasteiger charge is 2.33. The Morgan fingerprint density at radius 2 is 1.72 bits per heavy atom. The molecule has 230 valence electrons. The van der Waals surface area contributed by atoms with Crippen LogP contribution in [0.2, 0.25) is 0 Å².